The molecule has 1 N–H and O–H groups in total. The molecular weight excluding hydrogens is 212 g/mol. The molecule has 1 saturated carbocycles. The summed E-state index contributed by atoms with van der Waals surface area (Å²) in [5.41, 5.74) is 2.06. The Balaban J connectivity index is 2.27. The fourth-order valence-corrected chi connectivity index (χ4v) is 2.16. The summed E-state index contributed by atoms with van der Waals surface area (Å²) in [5, 5.41) is 9.30. The standard InChI is InChI=1S/C14H22N2O/c1-3-7-16(13-5-6-13)14-9-11(10-17)8-12(4-2)15-14/h8-9,13,17H,3-7,10H2,1-2H3. The van der Waals surface area contributed by atoms with E-state index in [0.717, 1.165) is 36.5 Å². The van der Waals surface area contributed by atoms with E-state index in [0.29, 0.717) is 6.04 Å². The zero-order valence-electron chi connectivity index (χ0n) is 10.8. The first kappa shape index (κ1) is 12.4. The molecule has 1 aliphatic rings. The van der Waals surface area contributed by atoms with Gasteiger partial charge in [0.05, 0.1) is 6.61 Å². The largest absolute Gasteiger partial charge is 0.392 e. The lowest BCUT2D eigenvalue weighted by molar-refractivity contribution is 0.281. The van der Waals surface area contributed by atoms with E-state index in [-0.39, 0.29) is 6.61 Å². The minimum absolute atomic E-state index is 0.104. The van der Waals surface area contributed by atoms with E-state index in [1.54, 1.807) is 0 Å². The summed E-state index contributed by atoms with van der Waals surface area (Å²) < 4.78 is 0. The van der Waals surface area contributed by atoms with Crippen LogP contribution in [-0.2, 0) is 13.0 Å². The first-order valence-electron chi connectivity index (χ1n) is 6.65. The van der Waals surface area contributed by atoms with Crippen LogP contribution in [0.2, 0.25) is 0 Å². The fraction of sp³-hybridized carbons (Fsp3) is 0.643. The average Bonchev–Trinajstić information content (AvgIpc) is 3.19. The van der Waals surface area contributed by atoms with E-state index in [4.69, 9.17) is 4.98 Å². The van der Waals surface area contributed by atoms with Gasteiger partial charge in [-0.25, -0.2) is 4.98 Å². The molecule has 1 heterocycles. The molecular formula is C14H22N2O. The summed E-state index contributed by atoms with van der Waals surface area (Å²) in [6.07, 6.45) is 4.63. The number of aromatic nitrogens is 1. The van der Waals surface area contributed by atoms with Crippen LogP contribution in [0, 0.1) is 0 Å². The molecule has 0 saturated heterocycles. The Kier molecular flexibility index (Phi) is 4.00. The van der Waals surface area contributed by atoms with Gasteiger partial charge < -0.3 is 10.0 Å². The second kappa shape index (κ2) is 5.50. The molecule has 17 heavy (non-hydrogen) atoms. The van der Waals surface area contributed by atoms with Crippen LogP contribution in [0.3, 0.4) is 0 Å². The van der Waals surface area contributed by atoms with E-state index in [1.165, 1.54) is 12.8 Å². The number of aliphatic hydroxyl groups excluding tert-OH is 1. The normalized spacial score (nSPS) is 15.0. The lowest BCUT2D eigenvalue weighted by Crippen LogP contribution is -2.27. The molecule has 0 spiro atoms. The van der Waals surface area contributed by atoms with Crippen molar-refractivity contribution in [2.24, 2.45) is 0 Å². The lowest BCUT2D eigenvalue weighted by Gasteiger charge is -2.24. The number of aryl methyl sites for hydroxylation is 1. The second-order valence-corrected chi connectivity index (χ2v) is 4.76. The number of anilines is 1. The molecule has 0 bridgehead atoms. The minimum Gasteiger partial charge on any atom is -0.392 e. The van der Waals surface area contributed by atoms with Crippen LogP contribution < -0.4 is 4.90 Å². The summed E-state index contributed by atoms with van der Waals surface area (Å²) in [7, 11) is 0. The van der Waals surface area contributed by atoms with Crippen molar-refractivity contribution >= 4 is 5.82 Å². The number of pyridine rings is 1. The van der Waals surface area contributed by atoms with Crippen LogP contribution in [0.15, 0.2) is 12.1 Å². The van der Waals surface area contributed by atoms with E-state index in [1.807, 2.05) is 12.1 Å². The van der Waals surface area contributed by atoms with Crippen molar-refractivity contribution in [3.8, 4) is 0 Å². The third kappa shape index (κ3) is 2.97. The highest BCUT2D eigenvalue weighted by atomic mass is 16.3. The quantitative estimate of drug-likeness (QED) is 0.821. The van der Waals surface area contributed by atoms with Gasteiger partial charge in [0.2, 0.25) is 0 Å². The third-order valence-electron chi connectivity index (χ3n) is 3.22. The molecule has 3 nitrogen and oxygen atoms in total. The SMILES string of the molecule is CCCN(c1cc(CO)cc(CC)n1)C1CC1. The molecule has 0 aliphatic heterocycles. The summed E-state index contributed by atoms with van der Waals surface area (Å²) >= 11 is 0. The van der Waals surface area contributed by atoms with E-state index in [2.05, 4.69) is 18.7 Å². The van der Waals surface area contributed by atoms with Crippen LogP contribution in [-0.4, -0.2) is 22.7 Å². The number of rotatable bonds is 6. The van der Waals surface area contributed by atoms with Crippen LogP contribution in [0.25, 0.3) is 0 Å². The summed E-state index contributed by atoms with van der Waals surface area (Å²) in [6, 6.07) is 4.72. The molecule has 1 aromatic rings. The molecule has 0 atom stereocenters. The summed E-state index contributed by atoms with van der Waals surface area (Å²) in [5.74, 6) is 1.05. The van der Waals surface area contributed by atoms with Gasteiger partial charge in [0.25, 0.3) is 0 Å². The van der Waals surface area contributed by atoms with Crippen LogP contribution >= 0.6 is 0 Å². The summed E-state index contributed by atoms with van der Waals surface area (Å²) in [6.45, 7) is 5.48. The number of nitrogens with zero attached hydrogens (tertiary/aromatic N) is 2. The van der Waals surface area contributed by atoms with Gasteiger partial charge in [-0.05, 0) is 43.4 Å². The maximum Gasteiger partial charge on any atom is 0.129 e. The highest BCUT2D eigenvalue weighted by Crippen LogP contribution is 2.31. The van der Waals surface area contributed by atoms with Gasteiger partial charge in [0.1, 0.15) is 5.82 Å². The van der Waals surface area contributed by atoms with Crippen molar-refractivity contribution in [1.29, 1.82) is 0 Å². The first-order chi connectivity index (χ1) is 8.28. The van der Waals surface area contributed by atoms with E-state index in [9.17, 15) is 5.11 Å². The molecule has 1 aliphatic carbocycles. The molecule has 2 rings (SSSR count). The van der Waals surface area contributed by atoms with E-state index < -0.39 is 0 Å². The molecule has 1 aromatic heterocycles. The van der Waals surface area contributed by atoms with Crippen molar-refractivity contribution in [3.05, 3.63) is 23.4 Å². The number of aliphatic hydroxyl groups is 1. The second-order valence-electron chi connectivity index (χ2n) is 4.76. The van der Waals surface area contributed by atoms with Crippen molar-refractivity contribution in [2.45, 2.75) is 52.2 Å². The average molecular weight is 234 g/mol. The van der Waals surface area contributed by atoms with Gasteiger partial charge in [-0.2, -0.15) is 0 Å². The zero-order valence-corrected chi connectivity index (χ0v) is 10.8. The van der Waals surface area contributed by atoms with Crippen molar-refractivity contribution < 1.29 is 5.11 Å². The van der Waals surface area contributed by atoms with Crippen molar-refractivity contribution in [3.63, 3.8) is 0 Å². The first-order valence-corrected chi connectivity index (χ1v) is 6.65. The Bertz CT molecular complexity index is 352. The monoisotopic (exact) mass is 234 g/mol. The van der Waals surface area contributed by atoms with Gasteiger partial charge in [-0.3, -0.25) is 0 Å². The van der Waals surface area contributed by atoms with Gasteiger partial charge in [-0.1, -0.05) is 13.8 Å². The van der Waals surface area contributed by atoms with Crippen molar-refractivity contribution in [2.75, 3.05) is 11.4 Å². The van der Waals surface area contributed by atoms with Crippen LogP contribution in [0.4, 0.5) is 5.82 Å². The Morgan fingerprint density at radius 1 is 1.35 bits per heavy atom. The van der Waals surface area contributed by atoms with Gasteiger partial charge in [0, 0.05) is 18.3 Å². The Hall–Kier alpha value is -1.09. The third-order valence-corrected chi connectivity index (χ3v) is 3.22. The highest BCUT2D eigenvalue weighted by Gasteiger charge is 2.29. The predicted molar refractivity (Wildman–Crippen MR) is 70.2 cm³/mol. The fourth-order valence-electron chi connectivity index (χ4n) is 2.16. The molecule has 94 valence electrons. The minimum atomic E-state index is 0.104. The Morgan fingerprint density at radius 2 is 2.12 bits per heavy atom. The predicted octanol–water partition coefficient (Wildman–Crippen LogP) is 2.52. The maximum atomic E-state index is 9.30. The summed E-state index contributed by atoms with van der Waals surface area (Å²) in [4.78, 5) is 7.10. The highest BCUT2D eigenvalue weighted by molar-refractivity contribution is 5.45. The number of hydrogen-bond acceptors (Lipinski definition) is 3. The lowest BCUT2D eigenvalue weighted by atomic mass is 10.2. The van der Waals surface area contributed by atoms with E-state index >= 15 is 0 Å². The molecule has 0 aromatic carbocycles. The zero-order chi connectivity index (χ0) is 12.3. The molecule has 1 fully saturated rings. The Labute approximate surface area is 103 Å². The van der Waals surface area contributed by atoms with Crippen LogP contribution in [0.1, 0.15) is 44.4 Å². The Morgan fingerprint density at radius 3 is 2.65 bits per heavy atom. The number of hydrogen-bond donors (Lipinski definition) is 1. The van der Waals surface area contributed by atoms with Gasteiger partial charge in [0.15, 0.2) is 0 Å². The van der Waals surface area contributed by atoms with Gasteiger partial charge >= 0.3 is 0 Å². The topological polar surface area (TPSA) is 36.4 Å². The molecule has 3 heteroatoms. The van der Waals surface area contributed by atoms with Gasteiger partial charge in [-0.15, -0.1) is 0 Å². The van der Waals surface area contributed by atoms with Crippen LogP contribution in [0.5, 0.6) is 0 Å². The molecule has 0 unspecified atom stereocenters. The van der Waals surface area contributed by atoms with Crippen molar-refractivity contribution in [1.82, 2.24) is 4.98 Å². The molecule has 0 amide bonds. The smallest absolute Gasteiger partial charge is 0.129 e. The molecule has 0 radical (unpaired) electrons. The maximum absolute atomic E-state index is 9.30.